The van der Waals surface area contributed by atoms with E-state index in [0.29, 0.717) is 0 Å². The van der Waals surface area contributed by atoms with Gasteiger partial charge in [-0.25, -0.2) is 4.98 Å². The maximum absolute atomic E-state index is 5.48. The summed E-state index contributed by atoms with van der Waals surface area (Å²) in [6.45, 7) is 2.78. The first-order valence-corrected chi connectivity index (χ1v) is 4.93. The lowest BCUT2D eigenvalue weighted by molar-refractivity contribution is 0.831. The van der Waals surface area contributed by atoms with E-state index < -0.39 is 0 Å². The van der Waals surface area contributed by atoms with Gasteiger partial charge < -0.3 is 10.1 Å². The first-order chi connectivity index (χ1) is 6.81. The Labute approximate surface area is 83.6 Å². The highest BCUT2D eigenvalue weighted by atomic mass is 15.0. The van der Waals surface area contributed by atoms with Gasteiger partial charge in [0.15, 0.2) is 0 Å². The number of aryl methyl sites for hydroxylation is 2. The first kappa shape index (κ1) is 9.21. The Bertz CT molecular complexity index is 431. The molecule has 0 radical (unpaired) electrons. The molecule has 0 aliphatic rings. The number of rotatable bonds is 3. The van der Waals surface area contributed by atoms with Crippen LogP contribution in [0.5, 0.6) is 0 Å². The Hall–Kier alpha value is -1.35. The molecule has 2 aromatic heterocycles. The molecule has 0 unspecified atom stereocenters. The van der Waals surface area contributed by atoms with Gasteiger partial charge in [-0.3, -0.25) is 0 Å². The second-order valence-electron chi connectivity index (χ2n) is 3.55. The molecule has 3 nitrogen and oxygen atoms in total. The van der Waals surface area contributed by atoms with Gasteiger partial charge in [0.2, 0.25) is 0 Å². The van der Waals surface area contributed by atoms with E-state index in [9.17, 15) is 0 Å². The van der Waals surface area contributed by atoms with Crippen LogP contribution in [0.15, 0.2) is 24.7 Å². The van der Waals surface area contributed by atoms with E-state index in [4.69, 9.17) is 5.73 Å². The highest BCUT2D eigenvalue weighted by molar-refractivity contribution is 5.53. The molecular formula is C11H15N3. The summed E-state index contributed by atoms with van der Waals surface area (Å²) in [4.78, 5) is 4.26. The standard InChI is InChI=1S/C11H15N3/c1-9-11-7-10(3-2-5-12)4-6-14(11)8-13-9/h4,6-8H,2-3,5,12H2,1H3. The lowest BCUT2D eigenvalue weighted by atomic mass is 10.1. The predicted molar refractivity (Wildman–Crippen MR) is 57.3 cm³/mol. The second-order valence-corrected chi connectivity index (χ2v) is 3.55. The smallest absolute Gasteiger partial charge is 0.0995 e. The third kappa shape index (κ3) is 1.63. The fraction of sp³-hybridized carbons (Fsp3) is 0.364. The molecule has 74 valence electrons. The van der Waals surface area contributed by atoms with Gasteiger partial charge in [0, 0.05) is 6.20 Å². The summed E-state index contributed by atoms with van der Waals surface area (Å²) in [7, 11) is 0. The summed E-state index contributed by atoms with van der Waals surface area (Å²) in [5, 5.41) is 0. The zero-order valence-electron chi connectivity index (χ0n) is 8.40. The molecule has 2 aromatic rings. The molecule has 0 bridgehead atoms. The summed E-state index contributed by atoms with van der Waals surface area (Å²) in [5.41, 5.74) is 9.10. The molecule has 0 aromatic carbocycles. The molecule has 0 spiro atoms. The summed E-state index contributed by atoms with van der Waals surface area (Å²) in [6.07, 6.45) is 6.00. The minimum Gasteiger partial charge on any atom is -0.330 e. The van der Waals surface area contributed by atoms with Gasteiger partial charge in [-0.05, 0) is 44.0 Å². The Morgan fingerprint density at radius 2 is 2.36 bits per heavy atom. The number of fused-ring (bicyclic) bond motifs is 1. The minimum absolute atomic E-state index is 0.753. The second kappa shape index (κ2) is 3.80. The molecule has 14 heavy (non-hydrogen) atoms. The zero-order chi connectivity index (χ0) is 9.97. The van der Waals surface area contributed by atoms with Crippen molar-refractivity contribution in [3.05, 3.63) is 35.9 Å². The largest absolute Gasteiger partial charge is 0.330 e. The number of imidazole rings is 1. The average molecular weight is 189 g/mol. The maximum atomic E-state index is 5.48. The van der Waals surface area contributed by atoms with Crippen molar-refractivity contribution in [3.63, 3.8) is 0 Å². The van der Waals surface area contributed by atoms with Crippen molar-refractivity contribution in [3.8, 4) is 0 Å². The van der Waals surface area contributed by atoms with E-state index in [1.54, 1.807) is 0 Å². The van der Waals surface area contributed by atoms with Gasteiger partial charge in [0.25, 0.3) is 0 Å². The van der Waals surface area contributed by atoms with Crippen molar-refractivity contribution in [1.29, 1.82) is 0 Å². The Morgan fingerprint density at radius 3 is 3.14 bits per heavy atom. The normalized spacial score (nSPS) is 11.0. The van der Waals surface area contributed by atoms with Gasteiger partial charge in [-0.1, -0.05) is 0 Å². The van der Waals surface area contributed by atoms with Crippen molar-refractivity contribution >= 4 is 5.52 Å². The summed E-state index contributed by atoms with van der Waals surface area (Å²) < 4.78 is 2.04. The van der Waals surface area contributed by atoms with Crippen LogP contribution in [0.1, 0.15) is 17.7 Å². The van der Waals surface area contributed by atoms with E-state index in [0.717, 1.165) is 25.1 Å². The van der Waals surface area contributed by atoms with Gasteiger partial charge in [0.1, 0.15) is 0 Å². The van der Waals surface area contributed by atoms with Crippen molar-refractivity contribution in [2.45, 2.75) is 19.8 Å². The van der Waals surface area contributed by atoms with Crippen LogP contribution < -0.4 is 5.73 Å². The van der Waals surface area contributed by atoms with Gasteiger partial charge in [-0.2, -0.15) is 0 Å². The van der Waals surface area contributed by atoms with Crippen molar-refractivity contribution < 1.29 is 0 Å². The third-order valence-electron chi connectivity index (χ3n) is 2.47. The van der Waals surface area contributed by atoms with E-state index >= 15 is 0 Å². The quantitative estimate of drug-likeness (QED) is 0.795. The van der Waals surface area contributed by atoms with Crippen LogP contribution in [-0.4, -0.2) is 15.9 Å². The highest BCUT2D eigenvalue weighted by Gasteiger charge is 2.00. The SMILES string of the molecule is Cc1ncn2ccc(CCCN)cc12. The van der Waals surface area contributed by atoms with Crippen LogP contribution >= 0.6 is 0 Å². The first-order valence-electron chi connectivity index (χ1n) is 4.93. The molecule has 2 N–H and O–H groups in total. The highest BCUT2D eigenvalue weighted by Crippen LogP contribution is 2.12. The zero-order valence-corrected chi connectivity index (χ0v) is 8.40. The van der Waals surface area contributed by atoms with E-state index in [2.05, 4.69) is 23.3 Å². The lowest BCUT2D eigenvalue weighted by Gasteiger charge is -2.01. The van der Waals surface area contributed by atoms with Gasteiger partial charge in [0.05, 0.1) is 17.5 Å². The molecule has 0 saturated carbocycles. The molecule has 2 heterocycles. The lowest BCUT2D eigenvalue weighted by Crippen LogP contribution is -2.00. The topological polar surface area (TPSA) is 43.3 Å². The number of pyridine rings is 1. The van der Waals surface area contributed by atoms with Crippen LogP contribution in [0, 0.1) is 6.92 Å². The van der Waals surface area contributed by atoms with E-state index in [-0.39, 0.29) is 0 Å². The van der Waals surface area contributed by atoms with Gasteiger partial charge in [-0.15, -0.1) is 0 Å². The molecule has 3 heteroatoms. The Kier molecular flexibility index (Phi) is 2.50. The monoisotopic (exact) mass is 189 g/mol. The third-order valence-corrected chi connectivity index (χ3v) is 2.47. The molecule has 2 rings (SSSR count). The Morgan fingerprint density at radius 1 is 1.50 bits per heavy atom. The molecule has 0 saturated heterocycles. The van der Waals surface area contributed by atoms with Crippen molar-refractivity contribution in [2.75, 3.05) is 6.54 Å². The van der Waals surface area contributed by atoms with E-state index in [1.807, 2.05) is 17.7 Å². The predicted octanol–water partition coefficient (Wildman–Crippen LogP) is 1.53. The van der Waals surface area contributed by atoms with Crippen LogP contribution in [-0.2, 0) is 6.42 Å². The molecule has 0 aliphatic heterocycles. The number of hydrogen-bond donors (Lipinski definition) is 1. The summed E-state index contributed by atoms with van der Waals surface area (Å²) in [5.74, 6) is 0. The number of nitrogens with zero attached hydrogens (tertiary/aromatic N) is 2. The fourth-order valence-corrected chi connectivity index (χ4v) is 1.62. The fourth-order valence-electron chi connectivity index (χ4n) is 1.62. The maximum Gasteiger partial charge on any atom is 0.0995 e. The molecular weight excluding hydrogens is 174 g/mol. The average Bonchev–Trinajstić information content (AvgIpc) is 2.57. The van der Waals surface area contributed by atoms with Crippen LogP contribution in [0.3, 0.4) is 0 Å². The van der Waals surface area contributed by atoms with Crippen LogP contribution in [0.4, 0.5) is 0 Å². The van der Waals surface area contributed by atoms with Gasteiger partial charge >= 0.3 is 0 Å². The Balaban J connectivity index is 2.34. The summed E-state index contributed by atoms with van der Waals surface area (Å²) >= 11 is 0. The van der Waals surface area contributed by atoms with Crippen molar-refractivity contribution in [2.24, 2.45) is 5.73 Å². The number of nitrogens with two attached hydrogens (primary N) is 1. The van der Waals surface area contributed by atoms with E-state index in [1.165, 1.54) is 11.1 Å². The molecule has 0 amide bonds. The number of aromatic nitrogens is 2. The molecule has 0 atom stereocenters. The number of hydrogen-bond acceptors (Lipinski definition) is 2. The van der Waals surface area contributed by atoms with Crippen LogP contribution in [0.2, 0.25) is 0 Å². The van der Waals surface area contributed by atoms with Crippen LogP contribution in [0.25, 0.3) is 5.52 Å². The van der Waals surface area contributed by atoms with Crippen molar-refractivity contribution in [1.82, 2.24) is 9.38 Å². The minimum atomic E-state index is 0.753. The molecule has 0 aliphatic carbocycles. The molecule has 0 fully saturated rings. The summed E-state index contributed by atoms with van der Waals surface area (Å²) in [6, 6.07) is 4.32.